The summed E-state index contributed by atoms with van der Waals surface area (Å²) in [5, 5.41) is 22.2. The third-order valence-electron chi connectivity index (χ3n) is 16.6. The van der Waals surface area contributed by atoms with E-state index in [1.165, 1.54) is 5.57 Å². The summed E-state index contributed by atoms with van der Waals surface area (Å²) < 4.78 is 6.19. The number of Topliss-reactive ketones (excluding diaryl/α,β-unsaturated/α-hetero) is 1. The molecular formula is C47H71N3O7. The molecule has 4 saturated carbocycles. The Morgan fingerprint density at radius 2 is 1.70 bits per heavy atom. The largest absolute Gasteiger partial charge is 0.481 e. The molecule has 0 bridgehead atoms. The van der Waals surface area contributed by atoms with Crippen LogP contribution in [0, 0.1) is 62.6 Å². The van der Waals surface area contributed by atoms with Gasteiger partial charge in [-0.1, -0.05) is 60.1 Å². The maximum absolute atomic E-state index is 14.0. The van der Waals surface area contributed by atoms with Gasteiger partial charge in [0.2, 0.25) is 5.91 Å². The van der Waals surface area contributed by atoms with Crippen LogP contribution in [0.2, 0.25) is 0 Å². The lowest BCUT2D eigenvalue weighted by Gasteiger charge is -2.72. The van der Waals surface area contributed by atoms with Gasteiger partial charge in [-0.15, -0.1) is 0 Å². The van der Waals surface area contributed by atoms with Crippen molar-refractivity contribution in [2.75, 3.05) is 27.2 Å². The van der Waals surface area contributed by atoms with Gasteiger partial charge in [0.05, 0.1) is 24.5 Å². The number of hydrogen-bond donors (Lipinski definition) is 2. The van der Waals surface area contributed by atoms with Crippen LogP contribution in [0.4, 0.5) is 0 Å². The zero-order valence-electron chi connectivity index (χ0n) is 36.7. The van der Waals surface area contributed by atoms with Crippen LogP contribution in [0.5, 0.6) is 0 Å². The van der Waals surface area contributed by atoms with Gasteiger partial charge >= 0.3 is 11.9 Å². The number of carbonyl (C=O) groups excluding carboxylic acids is 3. The third-order valence-corrected chi connectivity index (χ3v) is 16.6. The standard InChI is InChI=1S/C47H71N3O7/c1-28(2)40-33(51)21-30-31(34(52)26-50(38(53)27-49(10)11)25-29-13-12-20-48-24-29)22-47(9)32(41(30)40)14-15-36-45(7)18-17-37(57-39(54)23-43(3,4)42(55)56)44(5,6)35(45)16-19-46(36,47)8/h12-13,20,24,28,30-32,34-37,52H,14-19,21-23,25-27H2,1-11H3,(H,55,56)/t30?,31-,32+,34-,35-,36+,37-,45-,46+,47+/m0/s1. The number of aliphatic hydroxyl groups is 1. The number of aromatic nitrogens is 1. The molecule has 0 radical (unpaired) electrons. The van der Waals surface area contributed by atoms with E-state index in [9.17, 15) is 29.4 Å². The number of likely N-dealkylation sites (N-methyl/N-ethyl adjacent to an activating group) is 1. The van der Waals surface area contributed by atoms with Crippen molar-refractivity contribution in [3.8, 4) is 0 Å². The minimum Gasteiger partial charge on any atom is -0.481 e. The van der Waals surface area contributed by atoms with Crippen molar-refractivity contribution in [3.63, 3.8) is 0 Å². The summed E-state index contributed by atoms with van der Waals surface area (Å²) in [7, 11) is 3.76. The van der Waals surface area contributed by atoms with E-state index in [1.54, 1.807) is 31.1 Å². The second kappa shape index (κ2) is 15.5. The number of rotatable bonds is 12. The van der Waals surface area contributed by atoms with Crippen LogP contribution in [-0.2, 0) is 30.5 Å². The van der Waals surface area contributed by atoms with Gasteiger partial charge in [0.25, 0.3) is 0 Å². The normalized spacial score (nSPS) is 35.2. The third kappa shape index (κ3) is 7.53. The van der Waals surface area contributed by atoms with Gasteiger partial charge in [-0.3, -0.25) is 24.2 Å². The zero-order chi connectivity index (χ0) is 42.0. The molecule has 1 unspecified atom stereocenters. The molecule has 0 spiro atoms. The minimum atomic E-state index is -1.19. The highest BCUT2D eigenvalue weighted by Gasteiger charge is 2.70. The van der Waals surface area contributed by atoms with Crippen LogP contribution in [0.15, 0.2) is 35.7 Å². The number of ether oxygens (including phenoxy) is 1. The fourth-order valence-electron chi connectivity index (χ4n) is 13.6. The Labute approximate surface area is 341 Å². The summed E-state index contributed by atoms with van der Waals surface area (Å²) >= 11 is 0. The number of ketones is 1. The molecule has 2 N–H and O–H groups in total. The number of fused-ring (bicyclic) bond motifs is 7. The topological polar surface area (TPSA) is 137 Å². The number of amides is 1. The first kappa shape index (κ1) is 43.5. The minimum absolute atomic E-state index is 0.0153. The molecule has 1 aromatic rings. The van der Waals surface area contributed by atoms with Crippen LogP contribution in [-0.4, -0.2) is 88.0 Å². The number of hydrogen-bond acceptors (Lipinski definition) is 8. The van der Waals surface area contributed by atoms with E-state index in [4.69, 9.17) is 4.74 Å². The Morgan fingerprint density at radius 3 is 2.32 bits per heavy atom. The summed E-state index contributed by atoms with van der Waals surface area (Å²) in [6.07, 6.45) is 9.20. The van der Waals surface area contributed by atoms with Crippen LogP contribution < -0.4 is 0 Å². The van der Waals surface area contributed by atoms with Crippen molar-refractivity contribution in [2.24, 2.45) is 62.6 Å². The van der Waals surface area contributed by atoms with Crippen molar-refractivity contribution in [1.29, 1.82) is 0 Å². The first-order valence-electron chi connectivity index (χ1n) is 21.7. The SMILES string of the molecule is CC(C)C1=C2C(CC1=O)[C@@H]([C@@H](O)CN(Cc1cccnc1)C(=O)CN(C)C)C[C@]1(C)[C@@H]2CC[C@@H]2[C@@]3(C)CC[C@H](OC(=O)CC(C)(C)C(=O)O)C(C)(C)[C@@H]3CC[C@]21C. The zero-order valence-corrected chi connectivity index (χ0v) is 36.7. The quantitative estimate of drug-likeness (QED) is 0.205. The van der Waals surface area contributed by atoms with Crippen molar-refractivity contribution in [2.45, 2.75) is 139 Å². The molecule has 10 nitrogen and oxygen atoms in total. The van der Waals surface area contributed by atoms with Gasteiger partial charge in [-0.25, -0.2) is 0 Å². The molecule has 0 saturated heterocycles. The first-order valence-corrected chi connectivity index (χ1v) is 21.7. The molecule has 0 aromatic carbocycles. The van der Waals surface area contributed by atoms with Gasteiger partial charge in [-0.05, 0) is 142 Å². The van der Waals surface area contributed by atoms with Gasteiger partial charge in [0.15, 0.2) is 5.78 Å². The molecule has 1 amide bonds. The van der Waals surface area contributed by atoms with Gasteiger partial charge in [0.1, 0.15) is 6.10 Å². The van der Waals surface area contributed by atoms with Gasteiger partial charge < -0.3 is 24.7 Å². The number of esters is 1. The molecule has 10 heteroatoms. The van der Waals surface area contributed by atoms with E-state index in [-0.39, 0.29) is 82.6 Å². The summed E-state index contributed by atoms with van der Waals surface area (Å²) in [6, 6.07) is 3.83. The highest BCUT2D eigenvalue weighted by atomic mass is 16.5. The van der Waals surface area contributed by atoms with Gasteiger partial charge in [-0.2, -0.15) is 0 Å². The van der Waals surface area contributed by atoms with E-state index in [0.29, 0.717) is 24.8 Å². The molecule has 10 atom stereocenters. The fourth-order valence-corrected chi connectivity index (χ4v) is 13.6. The second-order valence-corrected chi connectivity index (χ2v) is 21.4. The number of pyridine rings is 1. The van der Waals surface area contributed by atoms with Crippen LogP contribution in [0.1, 0.15) is 126 Å². The van der Waals surface area contributed by atoms with E-state index < -0.39 is 23.5 Å². The first-order chi connectivity index (χ1) is 26.5. The maximum Gasteiger partial charge on any atom is 0.309 e. The Balaban J connectivity index is 1.32. The Hall–Kier alpha value is -3.11. The summed E-state index contributed by atoms with van der Waals surface area (Å²) in [6.45, 7) is 20.2. The Bertz CT molecular complexity index is 1750. The number of nitrogens with zero attached hydrogens (tertiary/aromatic N) is 3. The number of aliphatic hydroxyl groups excluding tert-OH is 1. The lowest BCUT2D eigenvalue weighted by atomic mass is 9.33. The molecule has 5 aliphatic carbocycles. The van der Waals surface area contributed by atoms with Crippen LogP contribution in [0.25, 0.3) is 0 Å². The summed E-state index contributed by atoms with van der Waals surface area (Å²) in [5.41, 5.74) is 1.43. The molecule has 57 heavy (non-hydrogen) atoms. The molecule has 1 heterocycles. The average Bonchev–Trinajstić information content (AvgIpc) is 3.45. The molecule has 4 fully saturated rings. The van der Waals surface area contributed by atoms with E-state index in [2.05, 4.69) is 53.5 Å². The highest BCUT2D eigenvalue weighted by molar-refractivity contribution is 6.00. The molecule has 5 aliphatic rings. The predicted molar refractivity (Wildman–Crippen MR) is 219 cm³/mol. The lowest BCUT2D eigenvalue weighted by molar-refractivity contribution is -0.237. The molecule has 0 aliphatic heterocycles. The molecule has 1 aromatic heterocycles. The van der Waals surface area contributed by atoms with E-state index in [0.717, 1.165) is 56.1 Å². The second-order valence-electron chi connectivity index (χ2n) is 21.4. The maximum atomic E-state index is 14.0. The summed E-state index contributed by atoms with van der Waals surface area (Å²) in [4.78, 5) is 60.7. The van der Waals surface area contributed by atoms with Crippen molar-refractivity contribution >= 4 is 23.6 Å². The van der Waals surface area contributed by atoms with Gasteiger partial charge in [0, 0.05) is 37.3 Å². The van der Waals surface area contributed by atoms with Crippen LogP contribution in [0.3, 0.4) is 0 Å². The predicted octanol–water partition coefficient (Wildman–Crippen LogP) is 7.58. The van der Waals surface area contributed by atoms with E-state index >= 15 is 0 Å². The Morgan fingerprint density at radius 1 is 1.00 bits per heavy atom. The molecule has 316 valence electrons. The van der Waals surface area contributed by atoms with E-state index in [1.807, 2.05) is 31.1 Å². The van der Waals surface area contributed by atoms with Crippen LogP contribution >= 0.6 is 0 Å². The monoisotopic (exact) mass is 790 g/mol. The number of carboxylic acids is 1. The number of carboxylic acid groups (broad SMARTS) is 1. The smallest absolute Gasteiger partial charge is 0.309 e. The summed E-state index contributed by atoms with van der Waals surface area (Å²) in [5.74, 6) is -0.425. The van der Waals surface area contributed by atoms with Crippen molar-refractivity contribution in [3.05, 3.63) is 41.2 Å². The highest BCUT2D eigenvalue weighted by Crippen LogP contribution is 2.76. The number of aliphatic carboxylic acids is 1. The number of carbonyl (C=O) groups is 4. The van der Waals surface area contributed by atoms with Crippen molar-refractivity contribution in [1.82, 2.24) is 14.8 Å². The number of allylic oxidation sites excluding steroid dienone is 2. The van der Waals surface area contributed by atoms with Crippen molar-refractivity contribution < 1.29 is 34.1 Å². The molecule has 6 rings (SSSR count). The average molecular weight is 790 g/mol. The Kier molecular flexibility index (Phi) is 11.8. The lowest BCUT2D eigenvalue weighted by Crippen LogP contribution is -2.66. The fraction of sp³-hybridized carbons (Fsp3) is 0.766. The molecular weight excluding hydrogens is 719 g/mol.